The molecule has 0 saturated carbocycles. The van der Waals surface area contributed by atoms with Crippen LogP contribution in [-0.4, -0.2) is 20.7 Å². The van der Waals surface area contributed by atoms with Gasteiger partial charge >= 0.3 is 0 Å². The Balaban J connectivity index is 1.52. The van der Waals surface area contributed by atoms with E-state index in [-0.39, 0.29) is 17.9 Å². The third kappa shape index (κ3) is 2.54. The van der Waals surface area contributed by atoms with Crippen LogP contribution in [0.3, 0.4) is 0 Å². The van der Waals surface area contributed by atoms with Crippen molar-refractivity contribution in [3.8, 4) is 0 Å². The lowest BCUT2D eigenvalue weighted by atomic mass is 9.82. The van der Waals surface area contributed by atoms with Gasteiger partial charge < -0.3 is 9.88 Å². The van der Waals surface area contributed by atoms with Gasteiger partial charge in [0.2, 0.25) is 5.91 Å². The molecule has 1 aliphatic heterocycles. The molecule has 2 aromatic rings. The summed E-state index contributed by atoms with van der Waals surface area (Å²) in [4.78, 5) is 12.8. The molecule has 1 aromatic heterocycles. The van der Waals surface area contributed by atoms with E-state index in [9.17, 15) is 4.79 Å². The zero-order chi connectivity index (χ0) is 15.8. The average molecular weight is 310 g/mol. The summed E-state index contributed by atoms with van der Waals surface area (Å²) >= 11 is 0. The zero-order valence-corrected chi connectivity index (χ0v) is 13.5. The van der Waals surface area contributed by atoms with E-state index in [0.29, 0.717) is 0 Å². The van der Waals surface area contributed by atoms with Gasteiger partial charge in [0.1, 0.15) is 5.82 Å². The molecular weight excluding hydrogens is 288 g/mol. The number of amides is 1. The Kier molecular flexibility index (Phi) is 3.63. The largest absolute Gasteiger partial charge is 0.346 e. The first-order chi connectivity index (χ1) is 11.2. The number of hydrogen-bond acceptors (Lipinski definition) is 3. The van der Waals surface area contributed by atoms with Crippen molar-refractivity contribution in [3.05, 3.63) is 47.0 Å². The van der Waals surface area contributed by atoms with E-state index in [2.05, 4.69) is 38.3 Å². The molecule has 0 radical (unpaired) electrons. The van der Waals surface area contributed by atoms with Crippen molar-refractivity contribution in [1.29, 1.82) is 0 Å². The van der Waals surface area contributed by atoms with E-state index in [1.54, 1.807) is 0 Å². The second-order valence-electron chi connectivity index (χ2n) is 6.60. The van der Waals surface area contributed by atoms with Gasteiger partial charge in [-0.05, 0) is 43.7 Å². The molecule has 23 heavy (non-hydrogen) atoms. The van der Waals surface area contributed by atoms with Crippen LogP contribution in [0.2, 0.25) is 0 Å². The second-order valence-corrected chi connectivity index (χ2v) is 6.60. The molecular formula is C18H22N4O. The molecule has 5 heteroatoms. The van der Waals surface area contributed by atoms with Crippen molar-refractivity contribution >= 4 is 5.91 Å². The predicted octanol–water partition coefficient (Wildman–Crippen LogP) is 2.52. The van der Waals surface area contributed by atoms with Crippen LogP contribution in [0.4, 0.5) is 0 Å². The van der Waals surface area contributed by atoms with E-state index < -0.39 is 0 Å². The van der Waals surface area contributed by atoms with Crippen LogP contribution in [0.5, 0.6) is 0 Å². The molecule has 0 saturated heterocycles. The van der Waals surface area contributed by atoms with Crippen LogP contribution in [0, 0.1) is 0 Å². The van der Waals surface area contributed by atoms with Gasteiger partial charge in [-0.15, -0.1) is 10.2 Å². The summed E-state index contributed by atoms with van der Waals surface area (Å²) in [6, 6.07) is 8.22. The molecule has 5 nitrogen and oxygen atoms in total. The van der Waals surface area contributed by atoms with Crippen molar-refractivity contribution in [1.82, 2.24) is 20.1 Å². The normalized spacial score (nSPS) is 20.7. The van der Waals surface area contributed by atoms with E-state index in [1.165, 1.54) is 11.1 Å². The first-order valence-electron chi connectivity index (χ1n) is 8.54. The van der Waals surface area contributed by atoms with Crippen LogP contribution in [0.1, 0.15) is 60.9 Å². The zero-order valence-electron chi connectivity index (χ0n) is 13.5. The number of carbonyl (C=O) groups is 1. The molecule has 1 aliphatic carbocycles. The molecule has 4 rings (SSSR count). The van der Waals surface area contributed by atoms with Crippen LogP contribution >= 0.6 is 0 Å². The number of aryl methyl sites for hydroxylation is 2. The Morgan fingerprint density at radius 2 is 2.13 bits per heavy atom. The van der Waals surface area contributed by atoms with Gasteiger partial charge in [-0.25, -0.2) is 0 Å². The van der Waals surface area contributed by atoms with Gasteiger partial charge in [-0.3, -0.25) is 4.79 Å². The summed E-state index contributed by atoms with van der Waals surface area (Å²) in [5.74, 6) is 2.00. The highest BCUT2D eigenvalue weighted by Gasteiger charge is 2.29. The third-order valence-electron chi connectivity index (χ3n) is 5.07. The monoisotopic (exact) mass is 310 g/mol. The average Bonchev–Trinajstić information content (AvgIpc) is 3.17. The highest BCUT2D eigenvalue weighted by molar-refractivity contribution is 5.84. The molecule has 2 heterocycles. The van der Waals surface area contributed by atoms with Crippen molar-refractivity contribution in [3.63, 3.8) is 0 Å². The van der Waals surface area contributed by atoms with Crippen LogP contribution in [0.15, 0.2) is 24.3 Å². The minimum atomic E-state index is -0.101. The highest BCUT2D eigenvalue weighted by atomic mass is 16.2. The number of benzene rings is 1. The Morgan fingerprint density at radius 1 is 1.26 bits per heavy atom. The smallest absolute Gasteiger partial charge is 0.228 e. The van der Waals surface area contributed by atoms with Gasteiger partial charge in [0.15, 0.2) is 5.82 Å². The maximum Gasteiger partial charge on any atom is 0.228 e. The molecule has 0 bridgehead atoms. The van der Waals surface area contributed by atoms with Gasteiger partial charge in [-0.2, -0.15) is 0 Å². The predicted molar refractivity (Wildman–Crippen MR) is 87.0 cm³/mol. The first-order valence-corrected chi connectivity index (χ1v) is 8.54. The third-order valence-corrected chi connectivity index (χ3v) is 5.07. The number of aromatic nitrogens is 3. The standard InChI is InChI=1S/C18H22N4O/c1-12(17-21-20-16-10-5-11-22(16)17)19-18(23)15-9-4-7-13-6-2-3-8-14(13)15/h2-3,6,8,12,15H,4-5,7,9-11H2,1H3,(H,19,23)/t12-,15-/m0/s1. The van der Waals surface area contributed by atoms with Crippen molar-refractivity contribution in [2.24, 2.45) is 0 Å². The second kappa shape index (κ2) is 5.80. The number of rotatable bonds is 3. The lowest BCUT2D eigenvalue weighted by molar-refractivity contribution is -0.123. The van der Waals surface area contributed by atoms with E-state index in [4.69, 9.17) is 0 Å². The quantitative estimate of drug-likeness (QED) is 0.947. The topological polar surface area (TPSA) is 59.8 Å². The molecule has 1 N–H and O–H groups in total. The summed E-state index contributed by atoms with van der Waals surface area (Å²) < 4.78 is 2.15. The van der Waals surface area contributed by atoms with Crippen LogP contribution in [0.25, 0.3) is 0 Å². The summed E-state index contributed by atoms with van der Waals surface area (Å²) in [6.45, 7) is 2.96. The molecule has 1 amide bonds. The summed E-state index contributed by atoms with van der Waals surface area (Å²) in [6.07, 6.45) is 5.18. The Bertz CT molecular complexity index is 736. The van der Waals surface area contributed by atoms with Crippen molar-refractivity contribution in [2.45, 2.75) is 57.5 Å². The minimum Gasteiger partial charge on any atom is -0.346 e. The SMILES string of the molecule is C[C@H](NC(=O)[C@H]1CCCc2ccccc21)c1nnc2n1CCC2. The molecule has 0 unspecified atom stereocenters. The Morgan fingerprint density at radius 3 is 3.04 bits per heavy atom. The van der Waals surface area contributed by atoms with E-state index >= 15 is 0 Å². The lowest BCUT2D eigenvalue weighted by Crippen LogP contribution is -2.34. The van der Waals surface area contributed by atoms with Crippen LogP contribution < -0.4 is 5.32 Å². The lowest BCUT2D eigenvalue weighted by Gasteiger charge is -2.26. The molecule has 2 atom stereocenters. The molecule has 0 fully saturated rings. The first kappa shape index (κ1) is 14.4. The van der Waals surface area contributed by atoms with E-state index in [1.807, 2.05) is 13.0 Å². The molecule has 120 valence electrons. The number of nitrogens with one attached hydrogen (secondary N) is 1. The van der Waals surface area contributed by atoms with E-state index in [0.717, 1.165) is 50.3 Å². The minimum absolute atomic E-state index is 0.0385. The van der Waals surface area contributed by atoms with Gasteiger partial charge in [-0.1, -0.05) is 24.3 Å². The maximum atomic E-state index is 12.8. The van der Waals surface area contributed by atoms with Gasteiger partial charge in [0.25, 0.3) is 0 Å². The number of hydrogen-bond donors (Lipinski definition) is 1. The summed E-state index contributed by atoms with van der Waals surface area (Å²) in [5.41, 5.74) is 2.50. The maximum absolute atomic E-state index is 12.8. The van der Waals surface area contributed by atoms with Crippen molar-refractivity contribution in [2.75, 3.05) is 0 Å². The summed E-state index contributed by atoms with van der Waals surface area (Å²) in [5, 5.41) is 11.7. The number of carbonyl (C=O) groups excluding carboxylic acids is 1. The number of fused-ring (bicyclic) bond motifs is 2. The fourth-order valence-electron chi connectivity index (χ4n) is 3.90. The van der Waals surface area contributed by atoms with Gasteiger partial charge in [0, 0.05) is 13.0 Å². The molecule has 0 spiro atoms. The fraction of sp³-hybridized carbons (Fsp3) is 0.500. The van der Waals surface area contributed by atoms with Crippen molar-refractivity contribution < 1.29 is 4.79 Å². The molecule has 1 aromatic carbocycles. The highest BCUT2D eigenvalue weighted by Crippen LogP contribution is 2.32. The Hall–Kier alpha value is -2.17. The number of nitrogens with zero attached hydrogens (tertiary/aromatic N) is 3. The molecule has 2 aliphatic rings. The fourth-order valence-corrected chi connectivity index (χ4v) is 3.90. The van der Waals surface area contributed by atoms with Gasteiger partial charge in [0.05, 0.1) is 12.0 Å². The summed E-state index contributed by atoms with van der Waals surface area (Å²) in [7, 11) is 0. The Labute approximate surface area is 136 Å². The van der Waals surface area contributed by atoms with Crippen LogP contribution in [-0.2, 0) is 24.2 Å².